The molecule has 4 N–H and O–H groups in total. The second-order valence-electron chi connectivity index (χ2n) is 7.38. The molecule has 9 nitrogen and oxygen atoms in total. The van der Waals surface area contributed by atoms with Gasteiger partial charge in [0.25, 0.3) is 0 Å². The van der Waals surface area contributed by atoms with Crippen molar-refractivity contribution in [3.05, 3.63) is 54.1 Å². The van der Waals surface area contributed by atoms with Gasteiger partial charge in [-0.1, -0.05) is 0 Å². The molecule has 0 aromatic heterocycles. The maximum atomic E-state index is 12.0. The van der Waals surface area contributed by atoms with E-state index in [0.29, 0.717) is 17.8 Å². The first-order valence-corrected chi connectivity index (χ1v) is 11.5. The van der Waals surface area contributed by atoms with Gasteiger partial charge >= 0.3 is 6.03 Å². The van der Waals surface area contributed by atoms with Gasteiger partial charge in [-0.15, -0.1) is 0 Å². The van der Waals surface area contributed by atoms with Crippen molar-refractivity contribution in [2.45, 2.75) is 11.8 Å². The summed E-state index contributed by atoms with van der Waals surface area (Å²) in [5.74, 6) is 0.0634. The molecule has 0 aliphatic carbocycles. The van der Waals surface area contributed by atoms with E-state index >= 15 is 0 Å². The number of carbonyl (C=O) groups excluding carboxylic acids is 2. The van der Waals surface area contributed by atoms with Crippen molar-refractivity contribution < 1.29 is 18.0 Å². The molecule has 0 radical (unpaired) electrons. The Bertz CT molecular complexity index is 1010. The van der Waals surface area contributed by atoms with Crippen LogP contribution in [0, 0.1) is 0 Å². The largest absolute Gasteiger partial charge is 0.369 e. The summed E-state index contributed by atoms with van der Waals surface area (Å²) in [6.07, 6.45) is 0. The molecule has 31 heavy (non-hydrogen) atoms. The molecule has 1 heterocycles. The van der Waals surface area contributed by atoms with E-state index in [9.17, 15) is 18.0 Å². The summed E-state index contributed by atoms with van der Waals surface area (Å²) in [7, 11) is -3.75. The number of nitrogens with zero attached hydrogens (tertiary/aromatic N) is 2. The number of carbonyl (C=O) groups is 2. The highest BCUT2D eigenvalue weighted by molar-refractivity contribution is 7.89. The fourth-order valence-electron chi connectivity index (χ4n) is 3.37. The summed E-state index contributed by atoms with van der Waals surface area (Å²) in [6, 6.07) is 13.0. The van der Waals surface area contributed by atoms with Crippen molar-refractivity contribution in [3.63, 3.8) is 0 Å². The fraction of sp³-hybridized carbons (Fsp3) is 0.333. The number of piperazine rings is 1. The van der Waals surface area contributed by atoms with Gasteiger partial charge in [0, 0.05) is 56.2 Å². The van der Waals surface area contributed by atoms with Gasteiger partial charge in [-0.3, -0.25) is 9.69 Å². The van der Waals surface area contributed by atoms with Crippen LogP contribution in [0.15, 0.2) is 53.4 Å². The van der Waals surface area contributed by atoms with Gasteiger partial charge in [-0.25, -0.2) is 18.4 Å². The molecule has 1 aliphatic rings. The number of hydrogen-bond donors (Lipinski definition) is 3. The third kappa shape index (κ3) is 6.51. The van der Waals surface area contributed by atoms with Crippen LogP contribution >= 0.6 is 0 Å². The Morgan fingerprint density at radius 2 is 1.58 bits per heavy atom. The van der Waals surface area contributed by atoms with E-state index in [2.05, 4.69) is 20.4 Å². The minimum Gasteiger partial charge on any atom is -0.369 e. The van der Waals surface area contributed by atoms with Crippen LogP contribution in [-0.2, 0) is 10.0 Å². The molecule has 0 spiro atoms. The Labute approximate surface area is 182 Å². The number of nitrogens with one attached hydrogen (secondary N) is 2. The molecule has 0 unspecified atom stereocenters. The molecule has 0 atom stereocenters. The SMILES string of the molecule is CC(=O)c1ccc(N2CCN(CCNC(=O)Nc3ccc(S(N)(=O)=O)cc3)CC2)cc1. The van der Waals surface area contributed by atoms with Crippen LogP contribution in [0.25, 0.3) is 0 Å². The van der Waals surface area contributed by atoms with Crippen LogP contribution in [0.4, 0.5) is 16.2 Å². The highest BCUT2D eigenvalue weighted by Crippen LogP contribution is 2.17. The first-order valence-electron chi connectivity index (χ1n) is 9.98. The average molecular weight is 446 g/mol. The number of rotatable bonds is 7. The summed E-state index contributed by atoms with van der Waals surface area (Å²) in [5, 5.41) is 10.5. The van der Waals surface area contributed by atoms with Crippen molar-refractivity contribution in [1.82, 2.24) is 10.2 Å². The quantitative estimate of drug-likeness (QED) is 0.555. The molecule has 2 amide bonds. The number of urea groups is 1. The number of Topliss-reactive ketones (excluding diaryl/α,β-unsaturated/α-hetero) is 1. The van der Waals surface area contributed by atoms with Crippen molar-refractivity contribution in [3.8, 4) is 0 Å². The number of sulfonamides is 1. The Morgan fingerprint density at radius 3 is 2.13 bits per heavy atom. The molecule has 0 bridgehead atoms. The van der Waals surface area contributed by atoms with Gasteiger partial charge in [0.15, 0.2) is 5.78 Å². The van der Waals surface area contributed by atoms with E-state index in [1.54, 1.807) is 6.92 Å². The molecule has 10 heteroatoms. The Kier molecular flexibility index (Phi) is 7.26. The zero-order valence-electron chi connectivity index (χ0n) is 17.4. The number of hydrogen-bond acceptors (Lipinski definition) is 6. The number of anilines is 2. The fourth-order valence-corrected chi connectivity index (χ4v) is 3.88. The van der Waals surface area contributed by atoms with Gasteiger partial charge in [-0.2, -0.15) is 0 Å². The third-order valence-electron chi connectivity index (χ3n) is 5.17. The lowest BCUT2D eigenvalue weighted by Gasteiger charge is -2.36. The van der Waals surface area contributed by atoms with Gasteiger partial charge in [-0.05, 0) is 55.5 Å². The molecule has 1 aliphatic heterocycles. The lowest BCUT2D eigenvalue weighted by molar-refractivity contribution is 0.101. The second-order valence-corrected chi connectivity index (χ2v) is 8.94. The lowest BCUT2D eigenvalue weighted by Crippen LogP contribution is -2.48. The van der Waals surface area contributed by atoms with Crippen LogP contribution in [-0.4, -0.2) is 64.4 Å². The van der Waals surface area contributed by atoms with E-state index in [1.807, 2.05) is 24.3 Å². The van der Waals surface area contributed by atoms with Crippen molar-refractivity contribution in [1.29, 1.82) is 0 Å². The van der Waals surface area contributed by atoms with Crippen molar-refractivity contribution in [2.24, 2.45) is 5.14 Å². The first kappa shape index (κ1) is 22.7. The zero-order chi connectivity index (χ0) is 22.4. The Morgan fingerprint density at radius 1 is 0.968 bits per heavy atom. The minimum absolute atomic E-state index is 0.00704. The number of amides is 2. The van der Waals surface area contributed by atoms with Crippen molar-refractivity contribution >= 4 is 33.2 Å². The van der Waals surface area contributed by atoms with Gasteiger partial charge < -0.3 is 15.5 Å². The van der Waals surface area contributed by atoms with Crippen molar-refractivity contribution in [2.75, 3.05) is 49.5 Å². The molecule has 1 saturated heterocycles. The van der Waals surface area contributed by atoms with E-state index in [-0.39, 0.29) is 16.7 Å². The molecule has 2 aromatic carbocycles. The normalized spacial score (nSPS) is 14.8. The summed E-state index contributed by atoms with van der Waals surface area (Å²) in [6.45, 7) is 6.30. The van der Waals surface area contributed by atoms with Crippen LogP contribution in [0.1, 0.15) is 17.3 Å². The van der Waals surface area contributed by atoms with Crippen LogP contribution in [0.3, 0.4) is 0 Å². The lowest BCUT2D eigenvalue weighted by atomic mass is 10.1. The average Bonchev–Trinajstić information content (AvgIpc) is 2.74. The molecule has 0 saturated carbocycles. The number of nitrogens with two attached hydrogens (primary N) is 1. The molecule has 2 aromatic rings. The number of benzene rings is 2. The zero-order valence-corrected chi connectivity index (χ0v) is 18.2. The molecule has 3 rings (SSSR count). The topological polar surface area (TPSA) is 125 Å². The molecular formula is C21H27N5O4S. The maximum absolute atomic E-state index is 12.0. The van der Waals surface area contributed by atoms with E-state index in [4.69, 9.17) is 5.14 Å². The summed E-state index contributed by atoms with van der Waals surface area (Å²) >= 11 is 0. The summed E-state index contributed by atoms with van der Waals surface area (Å²) in [5.41, 5.74) is 2.30. The van der Waals surface area contributed by atoms with Gasteiger partial charge in [0.05, 0.1) is 4.90 Å². The molecule has 166 valence electrons. The highest BCUT2D eigenvalue weighted by Gasteiger charge is 2.17. The maximum Gasteiger partial charge on any atom is 0.319 e. The minimum atomic E-state index is -3.75. The third-order valence-corrected chi connectivity index (χ3v) is 6.09. The van der Waals surface area contributed by atoms with Gasteiger partial charge in [0.2, 0.25) is 10.0 Å². The number of ketones is 1. The van der Waals surface area contributed by atoms with E-state index < -0.39 is 10.0 Å². The molecule has 1 fully saturated rings. The smallest absolute Gasteiger partial charge is 0.319 e. The Balaban J connectivity index is 1.38. The summed E-state index contributed by atoms with van der Waals surface area (Å²) < 4.78 is 22.5. The monoisotopic (exact) mass is 445 g/mol. The predicted molar refractivity (Wildman–Crippen MR) is 120 cm³/mol. The van der Waals surface area contributed by atoms with Crippen LogP contribution in [0.2, 0.25) is 0 Å². The van der Waals surface area contributed by atoms with Gasteiger partial charge in [0.1, 0.15) is 0 Å². The number of primary sulfonamides is 1. The Hall–Kier alpha value is -2.95. The predicted octanol–water partition coefficient (Wildman–Crippen LogP) is 1.48. The first-order chi connectivity index (χ1) is 14.7. The van der Waals surface area contributed by atoms with Crippen LogP contribution < -0.4 is 20.7 Å². The highest BCUT2D eigenvalue weighted by atomic mass is 32.2. The second kappa shape index (κ2) is 9.90. The molecular weight excluding hydrogens is 418 g/mol. The summed E-state index contributed by atoms with van der Waals surface area (Å²) in [4.78, 5) is 28.0. The van der Waals surface area contributed by atoms with E-state index in [0.717, 1.165) is 38.4 Å². The standard InChI is InChI=1S/C21H27N5O4S/c1-16(27)17-2-6-19(7-3-17)26-14-12-25(13-15-26)11-10-23-21(28)24-18-4-8-20(9-5-18)31(22,29)30/h2-9H,10-15H2,1H3,(H2,22,29,30)(H2,23,24,28). The van der Waals surface area contributed by atoms with E-state index in [1.165, 1.54) is 24.3 Å². The van der Waals surface area contributed by atoms with Crippen LogP contribution in [0.5, 0.6) is 0 Å².